The first-order chi connectivity index (χ1) is 13.3. The number of nitrogens with zero attached hydrogens (tertiary/aromatic N) is 4. The van der Waals surface area contributed by atoms with Crippen molar-refractivity contribution in [2.45, 2.75) is 6.54 Å². The molecule has 0 fully saturated rings. The molecule has 0 atom stereocenters. The van der Waals surface area contributed by atoms with E-state index < -0.39 is 0 Å². The van der Waals surface area contributed by atoms with Crippen LogP contribution in [-0.4, -0.2) is 27.0 Å². The maximum atomic E-state index is 5.42. The average molecular weight is 375 g/mol. The molecule has 0 bridgehead atoms. The molecule has 27 heavy (non-hydrogen) atoms. The van der Waals surface area contributed by atoms with Crippen molar-refractivity contribution in [3.8, 4) is 27.6 Å². The third-order valence-electron chi connectivity index (χ3n) is 3.92. The fourth-order valence-electron chi connectivity index (χ4n) is 2.62. The van der Waals surface area contributed by atoms with Gasteiger partial charge >= 0.3 is 0 Å². The molecule has 3 heterocycles. The number of hydrogen-bond acceptors (Lipinski definition) is 7. The number of thiazole rings is 1. The zero-order valence-corrected chi connectivity index (χ0v) is 15.5. The number of ether oxygens (including phenoxy) is 1. The summed E-state index contributed by atoms with van der Waals surface area (Å²) in [6.07, 6.45) is 7.14. The number of rotatable bonds is 6. The molecule has 3 aromatic heterocycles. The van der Waals surface area contributed by atoms with Gasteiger partial charge in [0.15, 0.2) is 0 Å². The second kappa shape index (κ2) is 7.92. The molecule has 0 radical (unpaired) electrons. The van der Waals surface area contributed by atoms with Gasteiger partial charge in [-0.15, -0.1) is 11.3 Å². The Morgan fingerprint density at radius 1 is 1.00 bits per heavy atom. The van der Waals surface area contributed by atoms with Crippen molar-refractivity contribution >= 4 is 17.3 Å². The number of benzene rings is 1. The molecule has 7 heteroatoms. The van der Waals surface area contributed by atoms with Gasteiger partial charge in [-0.1, -0.05) is 12.1 Å². The van der Waals surface area contributed by atoms with E-state index in [1.165, 1.54) is 0 Å². The Balaban J connectivity index is 1.48. The van der Waals surface area contributed by atoms with E-state index in [4.69, 9.17) is 4.74 Å². The van der Waals surface area contributed by atoms with Crippen LogP contribution >= 0.6 is 11.3 Å². The monoisotopic (exact) mass is 375 g/mol. The smallest absolute Gasteiger partial charge is 0.223 e. The molecule has 0 aliphatic carbocycles. The van der Waals surface area contributed by atoms with Gasteiger partial charge in [0.2, 0.25) is 5.95 Å². The van der Waals surface area contributed by atoms with Crippen molar-refractivity contribution in [3.63, 3.8) is 0 Å². The number of aromatic nitrogens is 4. The largest absolute Gasteiger partial charge is 0.496 e. The van der Waals surface area contributed by atoms with E-state index >= 15 is 0 Å². The normalized spacial score (nSPS) is 10.6. The van der Waals surface area contributed by atoms with Crippen LogP contribution in [0.15, 0.2) is 67.3 Å². The summed E-state index contributed by atoms with van der Waals surface area (Å²) in [6, 6.07) is 13.6. The average Bonchev–Trinajstić information content (AvgIpc) is 3.22. The summed E-state index contributed by atoms with van der Waals surface area (Å²) < 4.78 is 5.42. The molecular formula is C20H17N5OS. The van der Waals surface area contributed by atoms with E-state index in [1.54, 1.807) is 37.0 Å². The second-order valence-corrected chi connectivity index (χ2v) is 6.81. The van der Waals surface area contributed by atoms with Crippen molar-refractivity contribution < 1.29 is 4.74 Å². The zero-order valence-electron chi connectivity index (χ0n) is 14.7. The summed E-state index contributed by atoms with van der Waals surface area (Å²) >= 11 is 1.62. The van der Waals surface area contributed by atoms with Crippen molar-refractivity contribution in [3.05, 3.63) is 72.1 Å². The summed E-state index contributed by atoms with van der Waals surface area (Å²) in [4.78, 5) is 18.6. The first-order valence-corrected chi connectivity index (χ1v) is 9.20. The van der Waals surface area contributed by atoms with E-state index in [1.807, 2.05) is 48.7 Å². The predicted octanol–water partition coefficient (Wildman–Crippen LogP) is 4.28. The number of nitrogens with one attached hydrogen (secondary N) is 1. The Kier molecular flexibility index (Phi) is 5.02. The lowest BCUT2D eigenvalue weighted by Gasteiger charge is -2.05. The van der Waals surface area contributed by atoms with E-state index in [-0.39, 0.29) is 0 Å². The number of anilines is 1. The first-order valence-electron chi connectivity index (χ1n) is 8.39. The molecule has 6 nitrogen and oxygen atoms in total. The van der Waals surface area contributed by atoms with E-state index in [0.717, 1.165) is 32.5 Å². The Hall–Kier alpha value is -3.32. The summed E-state index contributed by atoms with van der Waals surface area (Å²) in [6.45, 7) is 0.601. The molecule has 1 aromatic carbocycles. The van der Waals surface area contributed by atoms with Crippen LogP contribution in [0.2, 0.25) is 0 Å². The predicted molar refractivity (Wildman–Crippen MR) is 107 cm³/mol. The molecule has 0 aliphatic rings. The molecule has 4 aromatic rings. The van der Waals surface area contributed by atoms with Crippen molar-refractivity contribution in [2.24, 2.45) is 0 Å². The Morgan fingerprint density at radius 3 is 2.78 bits per heavy atom. The number of pyridine rings is 1. The van der Waals surface area contributed by atoms with Crippen LogP contribution in [0, 0.1) is 0 Å². The van der Waals surface area contributed by atoms with Gasteiger partial charge in [-0.2, -0.15) is 0 Å². The third kappa shape index (κ3) is 3.93. The second-order valence-electron chi connectivity index (χ2n) is 5.69. The lowest BCUT2D eigenvalue weighted by Crippen LogP contribution is -2.02. The van der Waals surface area contributed by atoms with Crippen LogP contribution in [-0.2, 0) is 6.54 Å². The van der Waals surface area contributed by atoms with Gasteiger partial charge in [-0.25, -0.2) is 15.0 Å². The fourth-order valence-corrected chi connectivity index (χ4v) is 3.50. The first kappa shape index (κ1) is 17.1. The lowest BCUT2D eigenvalue weighted by molar-refractivity contribution is 0.416. The number of methoxy groups -OCH3 is 1. The highest BCUT2D eigenvalue weighted by Crippen LogP contribution is 2.32. The van der Waals surface area contributed by atoms with Crippen LogP contribution in [0.1, 0.15) is 4.88 Å². The highest BCUT2D eigenvalue weighted by molar-refractivity contribution is 7.15. The van der Waals surface area contributed by atoms with E-state index in [9.17, 15) is 0 Å². The molecule has 4 rings (SSSR count). The van der Waals surface area contributed by atoms with Crippen LogP contribution in [0.25, 0.3) is 21.8 Å². The Labute approximate surface area is 161 Å². The molecule has 0 amide bonds. The van der Waals surface area contributed by atoms with Crippen molar-refractivity contribution in [1.82, 2.24) is 19.9 Å². The molecule has 0 aliphatic heterocycles. The fraction of sp³-hybridized carbons (Fsp3) is 0.100. The van der Waals surface area contributed by atoms with Crippen molar-refractivity contribution in [1.29, 1.82) is 0 Å². The summed E-state index contributed by atoms with van der Waals surface area (Å²) in [7, 11) is 1.67. The zero-order chi connectivity index (χ0) is 18.5. The Bertz CT molecular complexity index is 1040. The molecule has 134 valence electrons. The van der Waals surface area contributed by atoms with E-state index in [0.29, 0.717) is 12.5 Å². The highest BCUT2D eigenvalue weighted by atomic mass is 32.1. The molecule has 0 saturated heterocycles. The van der Waals surface area contributed by atoms with Crippen LogP contribution in [0.3, 0.4) is 0 Å². The standard InChI is InChI=1S/C20H17N5OS/c1-26-18-7-3-2-6-16(18)19-23-12-15(27-19)13-24-20-22-10-8-17(25-20)14-5-4-9-21-11-14/h2-12H,13H2,1H3,(H,22,24,25). The van der Waals surface area contributed by atoms with Crippen LogP contribution in [0.4, 0.5) is 5.95 Å². The minimum Gasteiger partial charge on any atom is -0.496 e. The number of para-hydroxylation sites is 1. The third-order valence-corrected chi connectivity index (χ3v) is 4.96. The molecule has 1 N–H and O–H groups in total. The van der Waals surface area contributed by atoms with Crippen LogP contribution < -0.4 is 10.1 Å². The summed E-state index contributed by atoms with van der Waals surface area (Å²) in [5, 5.41) is 4.19. The van der Waals surface area contributed by atoms with Gasteiger partial charge in [-0.05, 0) is 30.3 Å². The van der Waals surface area contributed by atoms with Crippen molar-refractivity contribution in [2.75, 3.05) is 12.4 Å². The van der Waals surface area contributed by atoms with Crippen LogP contribution in [0.5, 0.6) is 5.75 Å². The highest BCUT2D eigenvalue weighted by Gasteiger charge is 2.10. The van der Waals surface area contributed by atoms with Gasteiger partial charge in [0.05, 0.1) is 24.9 Å². The van der Waals surface area contributed by atoms with E-state index in [2.05, 4.69) is 25.3 Å². The van der Waals surface area contributed by atoms with Gasteiger partial charge in [-0.3, -0.25) is 4.98 Å². The minimum atomic E-state index is 0.573. The summed E-state index contributed by atoms with van der Waals surface area (Å²) in [5.41, 5.74) is 2.78. The minimum absolute atomic E-state index is 0.573. The maximum Gasteiger partial charge on any atom is 0.223 e. The van der Waals surface area contributed by atoms with Gasteiger partial charge in [0, 0.05) is 35.2 Å². The SMILES string of the molecule is COc1ccccc1-c1ncc(CNc2nccc(-c3cccnc3)n2)s1. The van der Waals surface area contributed by atoms with Gasteiger partial charge < -0.3 is 10.1 Å². The maximum absolute atomic E-state index is 5.42. The topological polar surface area (TPSA) is 72.8 Å². The van der Waals surface area contributed by atoms with Gasteiger partial charge in [0.1, 0.15) is 10.8 Å². The summed E-state index contributed by atoms with van der Waals surface area (Å²) in [5.74, 6) is 1.39. The quantitative estimate of drug-likeness (QED) is 0.542. The lowest BCUT2D eigenvalue weighted by atomic mass is 10.2. The molecule has 0 saturated carbocycles. The molecule has 0 spiro atoms. The number of hydrogen-bond donors (Lipinski definition) is 1. The van der Waals surface area contributed by atoms with Gasteiger partial charge in [0.25, 0.3) is 0 Å². The molecule has 0 unspecified atom stereocenters. The Morgan fingerprint density at radius 2 is 1.93 bits per heavy atom. The molecular weight excluding hydrogens is 358 g/mol.